The molecule has 138 valence electrons. The van der Waals surface area contributed by atoms with Crippen molar-refractivity contribution in [3.63, 3.8) is 0 Å². The van der Waals surface area contributed by atoms with Gasteiger partial charge in [0, 0.05) is 19.2 Å². The molecule has 25 heavy (non-hydrogen) atoms. The Labute approximate surface area is 145 Å². The summed E-state index contributed by atoms with van der Waals surface area (Å²) in [5.74, 6) is 0.418. The van der Waals surface area contributed by atoms with Gasteiger partial charge in [-0.05, 0) is 51.1 Å². The molecule has 3 heterocycles. The summed E-state index contributed by atoms with van der Waals surface area (Å²) in [6.45, 7) is 2.89. The van der Waals surface area contributed by atoms with Crippen LogP contribution in [0.2, 0.25) is 0 Å². The molecular formula is C17H24F2N4O2. The molecule has 1 unspecified atom stereocenters. The van der Waals surface area contributed by atoms with E-state index in [0.717, 1.165) is 57.8 Å². The van der Waals surface area contributed by atoms with Crippen LogP contribution in [0.4, 0.5) is 8.78 Å². The molecule has 8 heteroatoms. The molecular weight excluding hydrogens is 330 g/mol. The molecule has 0 aromatic carbocycles. The summed E-state index contributed by atoms with van der Waals surface area (Å²) in [5.41, 5.74) is -0.911. The Morgan fingerprint density at radius 2 is 1.96 bits per heavy atom. The zero-order valence-corrected chi connectivity index (χ0v) is 14.2. The normalized spacial score (nSPS) is 23.5. The van der Waals surface area contributed by atoms with Gasteiger partial charge >= 0.3 is 0 Å². The Hall–Kier alpha value is -1.83. The van der Waals surface area contributed by atoms with Gasteiger partial charge < -0.3 is 5.32 Å². The van der Waals surface area contributed by atoms with Crippen LogP contribution in [-0.2, 0) is 11.3 Å². The number of aromatic nitrogens is 2. The number of halogens is 2. The van der Waals surface area contributed by atoms with E-state index in [-0.39, 0.29) is 11.9 Å². The van der Waals surface area contributed by atoms with Crippen LogP contribution in [0.25, 0.3) is 0 Å². The van der Waals surface area contributed by atoms with Crippen molar-refractivity contribution in [2.45, 2.75) is 51.1 Å². The van der Waals surface area contributed by atoms with E-state index in [1.165, 1.54) is 10.9 Å². The lowest BCUT2D eigenvalue weighted by Gasteiger charge is -2.36. The van der Waals surface area contributed by atoms with Crippen molar-refractivity contribution < 1.29 is 13.6 Å². The minimum atomic E-state index is -2.73. The number of hydrogen-bond acceptors (Lipinski definition) is 4. The van der Waals surface area contributed by atoms with Crippen molar-refractivity contribution in [3.05, 3.63) is 28.4 Å². The van der Waals surface area contributed by atoms with Gasteiger partial charge in [-0.2, -0.15) is 0 Å². The highest BCUT2D eigenvalue weighted by atomic mass is 19.3. The number of hydrogen-bond donors (Lipinski definition) is 1. The molecule has 0 aliphatic carbocycles. The Balaban J connectivity index is 1.56. The predicted molar refractivity (Wildman–Crippen MR) is 88.4 cm³/mol. The molecule has 6 nitrogen and oxygen atoms in total. The molecule has 0 spiro atoms. The minimum Gasteiger partial charge on any atom is -0.355 e. The molecule has 1 amide bonds. The van der Waals surface area contributed by atoms with Crippen LogP contribution in [0.5, 0.6) is 0 Å². The van der Waals surface area contributed by atoms with Crippen LogP contribution in [0.15, 0.2) is 17.2 Å². The van der Waals surface area contributed by atoms with Gasteiger partial charge in [0.05, 0.1) is 12.4 Å². The summed E-state index contributed by atoms with van der Waals surface area (Å²) in [7, 11) is 0. The first-order valence-corrected chi connectivity index (χ1v) is 8.91. The second-order valence-electron chi connectivity index (χ2n) is 6.89. The zero-order valence-electron chi connectivity index (χ0n) is 14.2. The van der Waals surface area contributed by atoms with Crippen molar-refractivity contribution in [2.24, 2.45) is 5.92 Å². The number of rotatable bonds is 4. The SMILES string of the molecule is O=C1NCCCCC1N1CCC(Cn2cnc(C(F)F)cc2=O)CC1. The van der Waals surface area contributed by atoms with E-state index in [1.54, 1.807) is 0 Å². The molecule has 1 aromatic heterocycles. The zero-order chi connectivity index (χ0) is 17.8. The van der Waals surface area contributed by atoms with Gasteiger partial charge in [-0.1, -0.05) is 0 Å². The van der Waals surface area contributed by atoms with Gasteiger partial charge in [0.15, 0.2) is 0 Å². The van der Waals surface area contributed by atoms with Gasteiger partial charge in [0.1, 0.15) is 5.69 Å². The quantitative estimate of drug-likeness (QED) is 0.891. The molecule has 3 rings (SSSR count). The Bertz CT molecular complexity index is 656. The fraction of sp³-hybridized carbons (Fsp3) is 0.706. The minimum absolute atomic E-state index is 0.0434. The van der Waals surface area contributed by atoms with E-state index < -0.39 is 17.7 Å². The van der Waals surface area contributed by atoms with E-state index in [9.17, 15) is 18.4 Å². The van der Waals surface area contributed by atoms with Crippen molar-refractivity contribution in [3.8, 4) is 0 Å². The third-order valence-corrected chi connectivity index (χ3v) is 5.18. The summed E-state index contributed by atoms with van der Waals surface area (Å²) in [5, 5.41) is 2.97. The fourth-order valence-corrected chi connectivity index (χ4v) is 3.69. The first kappa shape index (κ1) is 18.0. The topological polar surface area (TPSA) is 67.2 Å². The number of piperidine rings is 1. The Morgan fingerprint density at radius 1 is 1.20 bits per heavy atom. The maximum absolute atomic E-state index is 12.6. The number of amides is 1. The standard InChI is InChI=1S/C17H24F2N4O2/c18-16(19)13-9-15(24)23(11-21-13)10-12-4-7-22(8-5-12)14-3-1-2-6-20-17(14)25/h9,11-12,14,16H,1-8,10H2,(H,20,25). The molecule has 1 atom stereocenters. The number of carbonyl (C=O) groups is 1. The van der Waals surface area contributed by atoms with Gasteiger partial charge in [0.25, 0.3) is 12.0 Å². The predicted octanol–water partition coefficient (Wildman–Crippen LogP) is 1.56. The van der Waals surface area contributed by atoms with Crippen molar-refractivity contribution in [1.29, 1.82) is 0 Å². The summed E-state index contributed by atoms with van der Waals surface area (Å²) in [6.07, 6.45) is 3.24. The van der Waals surface area contributed by atoms with Crippen molar-refractivity contribution in [2.75, 3.05) is 19.6 Å². The molecule has 0 bridgehead atoms. The Kier molecular flexibility index (Phi) is 5.78. The van der Waals surface area contributed by atoms with Crippen LogP contribution < -0.4 is 10.9 Å². The summed E-state index contributed by atoms with van der Waals surface area (Å²) >= 11 is 0. The molecule has 2 fully saturated rings. The maximum atomic E-state index is 12.6. The second kappa shape index (κ2) is 8.03. The lowest BCUT2D eigenvalue weighted by atomic mass is 9.94. The second-order valence-corrected chi connectivity index (χ2v) is 6.89. The first-order chi connectivity index (χ1) is 12.0. The molecule has 2 aliphatic heterocycles. The lowest BCUT2D eigenvalue weighted by Crippen LogP contribution is -2.49. The van der Waals surface area contributed by atoms with Gasteiger partial charge in [0.2, 0.25) is 5.91 Å². The molecule has 1 aromatic rings. The summed E-state index contributed by atoms with van der Waals surface area (Å²) in [6, 6.07) is 0.869. The third-order valence-electron chi connectivity index (χ3n) is 5.18. The highest BCUT2D eigenvalue weighted by Crippen LogP contribution is 2.23. The van der Waals surface area contributed by atoms with E-state index in [1.807, 2.05) is 0 Å². The van der Waals surface area contributed by atoms with E-state index in [0.29, 0.717) is 12.5 Å². The molecule has 0 saturated carbocycles. The molecule has 0 radical (unpaired) electrons. The van der Waals surface area contributed by atoms with Crippen LogP contribution in [0.3, 0.4) is 0 Å². The summed E-state index contributed by atoms with van der Waals surface area (Å²) in [4.78, 5) is 30.0. The number of alkyl halides is 2. The number of carbonyl (C=O) groups excluding carboxylic acids is 1. The largest absolute Gasteiger partial charge is 0.355 e. The van der Waals surface area contributed by atoms with Crippen LogP contribution in [0, 0.1) is 5.92 Å². The van der Waals surface area contributed by atoms with Gasteiger partial charge in [-0.3, -0.25) is 19.1 Å². The molecule has 2 saturated heterocycles. The highest BCUT2D eigenvalue weighted by molar-refractivity contribution is 5.81. The average molecular weight is 354 g/mol. The third kappa shape index (κ3) is 4.42. The van der Waals surface area contributed by atoms with Gasteiger partial charge in [-0.15, -0.1) is 0 Å². The fourth-order valence-electron chi connectivity index (χ4n) is 3.69. The van der Waals surface area contributed by atoms with Crippen LogP contribution >= 0.6 is 0 Å². The first-order valence-electron chi connectivity index (χ1n) is 8.91. The lowest BCUT2D eigenvalue weighted by molar-refractivity contribution is -0.126. The van der Waals surface area contributed by atoms with E-state index >= 15 is 0 Å². The summed E-state index contributed by atoms with van der Waals surface area (Å²) < 4.78 is 26.5. The van der Waals surface area contributed by atoms with Crippen molar-refractivity contribution in [1.82, 2.24) is 19.8 Å². The van der Waals surface area contributed by atoms with E-state index in [4.69, 9.17) is 0 Å². The van der Waals surface area contributed by atoms with Crippen molar-refractivity contribution >= 4 is 5.91 Å². The monoisotopic (exact) mass is 354 g/mol. The van der Waals surface area contributed by atoms with Gasteiger partial charge in [-0.25, -0.2) is 13.8 Å². The number of nitrogens with zero attached hydrogens (tertiary/aromatic N) is 3. The average Bonchev–Trinajstić information content (AvgIpc) is 2.82. The smallest absolute Gasteiger partial charge is 0.280 e. The molecule has 2 aliphatic rings. The Morgan fingerprint density at radius 3 is 2.64 bits per heavy atom. The maximum Gasteiger partial charge on any atom is 0.280 e. The highest BCUT2D eigenvalue weighted by Gasteiger charge is 2.30. The van der Waals surface area contributed by atoms with Crippen LogP contribution in [-0.4, -0.2) is 46.0 Å². The van der Waals surface area contributed by atoms with Crippen LogP contribution in [0.1, 0.15) is 44.2 Å². The number of likely N-dealkylation sites (tertiary alicyclic amines) is 1. The molecule has 1 N–H and O–H groups in total. The van der Waals surface area contributed by atoms with E-state index in [2.05, 4.69) is 15.2 Å². The number of nitrogens with one attached hydrogen (secondary N) is 1.